The number of nitrogens with one attached hydrogen (secondary N) is 1. The fraction of sp³-hybridized carbons (Fsp3) is 0.250. The van der Waals surface area contributed by atoms with Crippen LogP contribution in [0.3, 0.4) is 0 Å². The maximum absolute atomic E-state index is 13.2. The van der Waals surface area contributed by atoms with E-state index in [2.05, 4.69) is 10.3 Å². The number of carbonyl (C=O) groups is 1. The summed E-state index contributed by atoms with van der Waals surface area (Å²) in [6.45, 7) is -0.566. The first-order valence-electron chi connectivity index (χ1n) is 6.95. The number of benzene rings is 1. The van der Waals surface area contributed by atoms with Crippen molar-refractivity contribution >= 4 is 5.91 Å². The molecule has 0 spiro atoms. The van der Waals surface area contributed by atoms with Crippen LogP contribution in [0.4, 0.5) is 13.2 Å². The lowest BCUT2D eigenvalue weighted by Crippen LogP contribution is -2.31. The van der Waals surface area contributed by atoms with Crippen LogP contribution in [-0.2, 0) is 11.2 Å². The SMILES string of the molecule is O=C(CCc1cccnc1)NC(CO)c1cc(F)c(F)c(F)c1. The van der Waals surface area contributed by atoms with Crippen molar-refractivity contribution in [2.45, 2.75) is 18.9 Å². The maximum atomic E-state index is 13.2. The van der Waals surface area contributed by atoms with Gasteiger partial charge in [-0.1, -0.05) is 6.07 Å². The first-order valence-corrected chi connectivity index (χ1v) is 6.95. The number of halogens is 3. The van der Waals surface area contributed by atoms with Crippen molar-refractivity contribution in [3.05, 3.63) is 65.2 Å². The number of pyridine rings is 1. The lowest BCUT2D eigenvalue weighted by molar-refractivity contribution is -0.122. The van der Waals surface area contributed by atoms with Gasteiger partial charge < -0.3 is 10.4 Å². The predicted molar refractivity (Wildman–Crippen MR) is 76.8 cm³/mol. The second-order valence-corrected chi connectivity index (χ2v) is 4.96. The molecule has 0 radical (unpaired) electrons. The third kappa shape index (κ3) is 4.53. The summed E-state index contributed by atoms with van der Waals surface area (Å²) >= 11 is 0. The van der Waals surface area contributed by atoms with Gasteiger partial charge in [0.05, 0.1) is 12.6 Å². The zero-order chi connectivity index (χ0) is 16.8. The molecule has 2 N–H and O–H groups in total. The van der Waals surface area contributed by atoms with Gasteiger partial charge in [0.1, 0.15) is 0 Å². The first-order chi connectivity index (χ1) is 11.0. The Morgan fingerprint density at radius 1 is 1.26 bits per heavy atom. The van der Waals surface area contributed by atoms with E-state index >= 15 is 0 Å². The molecule has 2 aromatic rings. The van der Waals surface area contributed by atoms with Gasteiger partial charge in [0.25, 0.3) is 0 Å². The molecule has 7 heteroatoms. The third-order valence-electron chi connectivity index (χ3n) is 3.29. The third-order valence-corrected chi connectivity index (χ3v) is 3.29. The van der Waals surface area contributed by atoms with Gasteiger partial charge in [-0.05, 0) is 35.7 Å². The number of rotatable bonds is 6. The smallest absolute Gasteiger partial charge is 0.220 e. The highest BCUT2D eigenvalue weighted by atomic mass is 19.2. The minimum atomic E-state index is -1.59. The van der Waals surface area contributed by atoms with Gasteiger partial charge >= 0.3 is 0 Å². The van der Waals surface area contributed by atoms with Gasteiger partial charge in [-0.2, -0.15) is 0 Å². The highest BCUT2D eigenvalue weighted by Crippen LogP contribution is 2.19. The van der Waals surface area contributed by atoms with E-state index in [9.17, 15) is 23.1 Å². The van der Waals surface area contributed by atoms with Gasteiger partial charge in [-0.15, -0.1) is 0 Å². The number of aryl methyl sites for hydroxylation is 1. The molecule has 0 saturated carbocycles. The van der Waals surface area contributed by atoms with Gasteiger partial charge in [-0.25, -0.2) is 13.2 Å². The zero-order valence-electron chi connectivity index (χ0n) is 12.1. The van der Waals surface area contributed by atoms with E-state index < -0.39 is 36.0 Å². The monoisotopic (exact) mass is 324 g/mol. The average Bonchev–Trinajstić information content (AvgIpc) is 2.56. The van der Waals surface area contributed by atoms with Crippen LogP contribution in [0.15, 0.2) is 36.7 Å². The number of aromatic nitrogens is 1. The topological polar surface area (TPSA) is 62.2 Å². The molecule has 0 saturated heterocycles. The van der Waals surface area contributed by atoms with Crippen LogP contribution in [0, 0.1) is 17.5 Å². The average molecular weight is 324 g/mol. The Balaban J connectivity index is 2.00. The highest BCUT2D eigenvalue weighted by molar-refractivity contribution is 5.76. The van der Waals surface area contributed by atoms with Gasteiger partial charge in [0, 0.05) is 18.8 Å². The number of aliphatic hydroxyl groups excluding tert-OH is 1. The Kier molecular flexibility index (Phi) is 5.70. The molecule has 4 nitrogen and oxygen atoms in total. The standard InChI is InChI=1S/C16H15F3N2O2/c17-12-6-11(7-13(18)16(12)19)14(9-22)21-15(23)4-3-10-2-1-5-20-8-10/h1-2,5-8,14,22H,3-4,9H2,(H,21,23). The van der Waals surface area contributed by atoms with Crippen LogP contribution in [0.1, 0.15) is 23.6 Å². The van der Waals surface area contributed by atoms with E-state index in [0.717, 1.165) is 17.7 Å². The van der Waals surface area contributed by atoms with Crippen LogP contribution in [-0.4, -0.2) is 22.6 Å². The van der Waals surface area contributed by atoms with Crippen LogP contribution in [0.25, 0.3) is 0 Å². The summed E-state index contributed by atoms with van der Waals surface area (Å²) in [6.07, 6.45) is 3.79. The Labute approximate surface area is 131 Å². The van der Waals surface area contributed by atoms with Gasteiger partial charge in [0.15, 0.2) is 17.5 Å². The van der Waals surface area contributed by atoms with Crippen LogP contribution in [0.2, 0.25) is 0 Å². The van der Waals surface area contributed by atoms with E-state index in [1.807, 2.05) is 6.07 Å². The van der Waals surface area contributed by atoms with E-state index in [-0.39, 0.29) is 12.0 Å². The summed E-state index contributed by atoms with van der Waals surface area (Å²) in [5, 5.41) is 11.8. The van der Waals surface area contributed by atoms with E-state index in [4.69, 9.17) is 0 Å². The Hall–Kier alpha value is -2.41. The zero-order valence-corrected chi connectivity index (χ0v) is 12.1. The molecule has 0 aliphatic carbocycles. The molecule has 1 aromatic carbocycles. The largest absolute Gasteiger partial charge is 0.394 e. The van der Waals surface area contributed by atoms with Crippen molar-refractivity contribution in [1.29, 1.82) is 0 Å². The second-order valence-electron chi connectivity index (χ2n) is 4.96. The summed E-state index contributed by atoms with van der Waals surface area (Å²) in [5.41, 5.74) is 0.820. The molecular formula is C16H15F3N2O2. The molecule has 1 amide bonds. The number of hydrogen-bond donors (Lipinski definition) is 2. The van der Waals surface area contributed by atoms with Crippen molar-refractivity contribution in [2.75, 3.05) is 6.61 Å². The number of aliphatic hydroxyl groups is 1. The molecule has 1 aromatic heterocycles. The summed E-state index contributed by atoms with van der Waals surface area (Å²) in [7, 11) is 0. The molecule has 0 fully saturated rings. The molecule has 0 bridgehead atoms. The molecular weight excluding hydrogens is 309 g/mol. The van der Waals surface area contributed by atoms with Crippen LogP contribution < -0.4 is 5.32 Å². The van der Waals surface area contributed by atoms with Crippen molar-refractivity contribution in [1.82, 2.24) is 10.3 Å². The molecule has 1 unspecified atom stereocenters. The molecule has 2 rings (SSSR count). The van der Waals surface area contributed by atoms with Gasteiger partial charge in [-0.3, -0.25) is 9.78 Å². The van der Waals surface area contributed by atoms with Crippen molar-refractivity contribution in [3.63, 3.8) is 0 Å². The second kappa shape index (κ2) is 7.73. The first kappa shape index (κ1) is 17.0. The quantitative estimate of drug-likeness (QED) is 0.802. The van der Waals surface area contributed by atoms with Gasteiger partial charge in [0.2, 0.25) is 5.91 Å². The molecule has 1 atom stereocenters. The van der Waals surface area contributed by atoms with Crippen LogP contribution in [0.5, 0.6) is 0 Å². The van der Waals surface area contributed by atoms with Crippen LogP contribution >= 0.6 is 0 Å². The number of nitrogens with zero attached hydrogens (tertiary/aromatic N) is 1. The lowest BCUT2D eigenvalue weighted by Gasteiger charge is -2.17. The summed E-state index contributed by atoms with van der Waals surface area (Å²) in [6, 6.07) is 4.05. The normalized spacial score (nSPS) is 12.0. The fourth-order valence-electron chi connectivity index (χ4n) is 2.08. The molecule has 23 heavy (non-hydrogen) atoms. The fourth-order valence-corrected chi connectivity index (χ4v) is 2.08. The highest BCUT2D eigenvalue weighted by Gasteiger charge is 2.18. The molecule has 1 heterocycles. The molecule has 0 aliphatic heterocycles. The summed E-state index contributed by atoms with van der Waals surface area (Å²) < 4.78 is 39.4. The van der Waals surface area contributed by atoms with E-state index in [1.165, 1.54) is 0 Å². The number of amides is 1. The maximum Gasteiger partial charge on any atom is 0.220 e. The summed E-state index contributed by atoms with van der Waals surface area (Å²) in [4.78, 5) is 15.8. The Morgan fingerprint density at radius 2 is 1.96 bits per heavy atom. The minimum Gasteiger partial charge on any atom is -0.394 e. The number of carbonyl (C=O) groups excluding carboxylic acids is 1. The van der Waals surface area contributed by atoms with Crippen molar-refractivity contribution in [3.8, 4) is 0 Å². The number of hydrogen-bond acceptors (Lipinski definition) is 3. The minimum absolute atomic E-state index is 0.0429. The molecule has 0 aliphatic rings. The van der Waals surface area contributed by atoms with E-state index in [1.54, 1.807) is 18.5 Å². The molecule has 122 valence electrons. The van der Waals surface area contributed by atoms with Crippen molar-refractivity contribution < 1.29 is 23.1 Å². The Bertz CT molecular complexity index is 657. The Morgan fingerprint density at radius 3 is 2.52 bits per heavy atom. The summed E-state index contributed by atoms with van der Waals surface area (Å²) in [5.74, 6) is -4.74. The van der Waals surface area contributed by atoms with E-state index in [0.29, 0.717) is 6.42 Å². The lowest BCUT2D eigenvalue weighted by atomic mass is 10.1. The predicted octanol–water partition coefficient (Wildman–Crippen LogP) is 2.28. The van der Waals surface area contributed by atoms with Crippen molar-refractivity contribution in [2.24, 2.45) is 0 Å².